The molecule has 0 spiro atoms. The van der Waals surface area contributed by atoms with Crippen molar-refractivity contribution in [3.05, 3.63) is 114 Å². The number of aliphatic hydroxyl groups is 1. The molecule has 0 saturated carbocycles. The number of hydrogen-bond donors (Lipinski definition) is 3. The Labute approximate surface area is 225 Å². The molecule has 0 aromatic heterocycles. The molecule has 0 bridgehead atoms. The molecule has 7 nitrogen and oxygen atoms in total. The number of rotatable bonds is 10. The molecule has 4 rings (SSSR count). The minimum Gasteiger partial charge on any atom is -0.392 e. The molecule has 3 aromatic rings. The van der Waals surface area contributed by atoms with E-state index in [1.807, 2.05) is 79.7 Å². The summed E-state index contributed by atoms with van der Waals surface area (Å²) < 4.78 is 13.4. The Morgan fingerprint density at radius 1 is 1.00 bits per heavy atom. The van der Waals surface area contributed by atoms with E-state index in [0.717, 1.165) is 28.8 Å². The van der Waals surface area contributed by atoms with Crippen LogP contribution in [0.1, 0.15) is 47.5 Å². The molecule has 1 unspecified atom stereocenters. The molecule has 200 valence electrons. The summed E-state index contributed by atoms with van der Waals surface area (Å²) in [5, 5.41) is 15.2. The average molecular weight is 516 g/mol. The van der Waals surface area contributed by atoms with Gasteiger partial charge in [-0.05, 0) is 42.8 Å². The van der Waals surface area contributed by atoms with E-state index in [0.29, 0.717) is 18.8 Å². The first kappa shape index (κ1) is 27.5. The lowest BCUT2D eigenvalue weighted by Gasteiger charge is -2.44. The average Bonchev–Trinajstić information content (AvgIpc) is 2.93. The summed E-state index contributed by atoms with van der Waals surface area (Å²) in [6.45, 7) is 7.70. The van der Waals surface area contributed by atoms with Gasteiger partial charge in [-0.3, -0.25) is 0 Å². The fraction of sp³-hybridized carbons (Fsp3) is 0.323. The number of anilines is 1. The minimum atomic E-state index is -0.643. The second kappa shape index (κ2) is 13.3. The number of likely N-dealkylation sites (N-methyl/N-ethyl adjacent to an activating group) is 1. The highest BCUT2D eigenvalue weighted by Gasteiger charge is 2.42. The second-order valence-corrected chi connectivity index (χ2v) is 9.52. The molecule has 1 aliphatic rings. The predicted molar refractivity (Wildman–Crippen MR) is 150 cm³/mol. The smallest absolute Gasteiger partial charge is 0.319 e. The first-order chi connectivity index (χ1) is 18.5. The maximum atomic E-state index is 12.1. The zero-order chi connectivity index (χ0) is 26.9. The number of carbonyl (C=O) groups is 1. The SMILES string of the molecule is C=CCN(C)C[C@H]1OC(c2cccc(NC(=O)NCC)c2)O[C@@H](c2ccc(CO)cc2)[C@@H]1c1ccccc1. The fourth-order valence-electron chi connectivity index (χ4n) is 4.87. The Morgan fingerprint density at radius 2 is 1.74 bits per heavy atom. The molecule has 1 aliphatic heterocycles. The zero-order valence-electron chi connectivity index (χ0n) is 22.0. The van der Waals surface area contributed by atoms with Gasteiger partial charge in [0.25, 0.3) is 0 Å². The number of carbonyl (C=O) groups excluding carboxylic acids is 1. The third-order valence-corrected chi connectivity index (χ3v) is 6.66. The number of urea groups is 1. The van der Waals surface area contributed by atoms with Gasteiger partial charge >= 0.3 is 6.03 Å². The van der Waals surface area contributed by atoms with E-state index >= 15 is 0 Å². The summed E-state index contributed by atoms with van der Waals surface area (Å²) in [5.74, 6) is -0.0728. The number of nitrogens with one attached hydrogen (secondary N) is 2. The van der Waals surface area contributed by atoms with Crippen molar-refractivity contribution in [1.29, 1.82) is 0 Å². The van der Waals surface area contributed by atoms with Crippen LogP contribution in [0, 0.1) is 0 Å². The molecule has 3 aromatic carbocycles. The lowest BCUT2D eigenvalue weighted by molar-refractivity contribution is -0.263. The number of hydrogen-bond acceptors (Lipinski definition) is 5. The molecular weight excluding hydrogens is 478 g/mol. The number of benzene rings is 3. The normalized spacial score (nSPS) is 21.2. The van der Waals surface area contributed by atoms with E-state index < -0.39 is 6.29 Å². The highest BCUT2D eigenvalue weighted by atomic mass is 16.7. The molecule has 1 fully saturated rings. The van der Waals surface area contributed by atoms with Crippen molar-refractivity contribution in [2.45, 2.75) is 37.9 Å². The first-order valence-corrected chi connectivity index (χ1v) is 13.0. The van der Waals surface area contributed by atoms with Crippen LogP contribution in [0.15, 0.2) is 91.5 Å². The van der Waals surface area contributed by atoms with Gasteiger partial charge in [-0.1, -0.05) is 72.8 Å². The van der Waals surface area contributed by atoms with Gasteiger partial charge in [0.05, 0.1) is 18.8 Å². The summed E-state index contributed by atoms with van der Waals surface area (Å²) in [6.07, 6.45) is 0.751. The van der Waals surface area contributed by atoms with E-state index in [2.05, 4.69) is 41.3 Å². The van der Waals surface area contributed by atoms with Gasteiger partial charge in [0.1, 0.15) is 0 Å². The predicted octanol–water partition coefficient (Wildman–Crippen LogP) is 5.38. The third-order valence-electron chi connectivity index (χ3n) is 6.66. The number of ether oxygens (including phenoxy) is 2. The largest absolute Gasteiger partial charge is 0.392 e. The van der Waals surface area contributed by atoms with Crippen molar-refractivity contribution in [2.24, 2.45) is 0 Å². The van der Waals surface area contributed by atoms with Gasteiger partial charge in [-0.25, -0.2) is 4.79 Å². The van der Waals surface area contributed by atoms with Crippen molar-refractivity contribution < 1.29 is 19.4 Å². The molecule has 0 radical (unpaired) electrons. The van der Waals surface area contributed by atoms with Gasteiger partial charge in [0.15, 0.2) is 6.29 Å². The molecule has 2 amide bonds. The van der Waals surface area contributed by atoms with Crippen molar-refractivity contribution >= 4 is 11.7 Å². The highest BCUT2D eigenvalue weighted by molar-refractivity contribution is 5.89. The maximum Gasteiger partial charge on any atom is 0.319 e. The van der Waals surface area contributed by atoms with E-state index in [1.165, 1.54) is 0 Å². The Kier molecular flexibility index (Phi) is 9.67. The molecule has 0 aliphatic carbocycles. The number of nitrogens with zero attached hydrogens (tertiary/aromatic N) is 1. The minimum absolute atomic E-state index is 0.0139. The quantitative estimate of drug-likeness (QED) is 0.316. The van der Waals surface area contributed by atoms with Crippen LogP contribution < -0.4 is 10.6 Å². The molecule has 1 saturated heterocycles. The summed E-state index contributed by atoms with van der Waals surface area (Å²) in [5.41, 5.74) is 4.47. The third kappa shape index (κ3) is 6.88. The number of amides is 2. The molecule has 1 heterocycles. The van der Waals surface area contributed by atoms with Gasteiger partial charge in [0.2, 0.25) is 0 Å². The molecule has 7 heteroatoms. The van der Waals surface area contributed by atoms with Gasteiger partial charge in [-0.2, -0.15) is 0 Å². The lowest BCUT2D eigenvalue weighted by Crippen LogP contribution is -2.43. The summed E-state index contributed by atoms with van der Waals surface area (Å²) in [6, 6.07) is 25.5. The molecular formula is C31H37N3O4. The molecule has 3 N–H and O–H groups in total. The van der Waals surface area contributed by atoms with Crippen molar-refractivity contribution in [3.8, 4) is 0 Å². The lowest BCUT2D eigenvalue weighted by atomic mass is 9.83. The van der Waals surface area contributed by atoms with Crippen LogP contribution in [-0.2, 0) is 16.1 Å². The molecule has 38 heavy (non-hydrogen) atoms. The van der Waals surface area contributed by atoms with Gasteiger partial charge in [0, 0.05) is 36.8 Å². The Balaban J connectivity index is 1.72. The van der Waals surface area contributed by atoms with Crippen molar-refractivity contribution in [2.75, 3.05) is 32.0 Å². The van der Waals surface area contributed by atoms with E-state index in [-0.39, 0.29) is 30.8 Å². The highest BCUT2D eigenvalue weighted by Crippen LogP contribution is 2.47. The van der Waals surface area contributed by atoms with Crippen molar-refractivity contribution in [3.63, 3.8) is 0 Å². The van der Waals surface area contributed by atoms with Crippen LogP contribution in [0.25, 0.3) is 0 Å². The summed E-state index contributed by atoms with van der Waals surface area (Å²) in [7, 11) is 2.06. The van der Waals surface area contributed by atoms with Crippen LogP contribution in [0.5, 0.6) is 0 Å². The van der Waals surface area contributed by atoms with E-state index in [1.54, 1.807) is 0 Å². The van der Waals surface area contributed by atoms with Crippen LogP contribution in [0.3, 0.4) is 0 Å². The Morgan fingerprint density at radius 3 is 2.42 bits per heavy atom. The van der Waals surface area contributed by atoms with Crippen LogP contribution >= 0.6 is 0 Å². The second-order valence-electron chi connectivity index (χ2n) is 9.52. The standard InChI is InChI=1S/C31H37N3O4/c1-4-18-34(3)20-27-28(23-10-7-6-8-11-23)29(24-16-14-22(21-35)15-17-24)38-30(37-27)25-12-9-13-26(19-25)33-31(36)32-5-2/h4,6-17,19,27-30,35H,1,5,18,20-21H2,2-3H3,(H2,32,33,36)/t27-,28-,29+,30?/m1/s1. The van der Waals surface area contributed by atoms with E-state index in [4.69, 9.17) is 9.47 Å². The maximum absolute atomic E-state index is 12.1. The van der Waals surface area contributed by atoms with Crippen LogP contribution in [-0.4, -0.2) is 48.8 Å². The van der Waals surface area contributed by atoms with Gasteiger partial charge in [-0.15, -0.1) is 6.58 Å². The van der Waals surface area contributed by atoms with Crippen LogP contribution in [0.2, 0.25) is 0 Å². The van der Waals surface area contributed by atoms with Gasteiger partial charge < -0.3 is 30.1 Å². The van der Waals surface area contributed by atoms with Crippen molar-refractivity contribution in [1.82, 2.24) is 10.2 Å². The monoisotopic (exact) mass is 515 g/mol. The fourth-order valence-corrected chi connectivity index (χ4v) is 4.87. The van der Waals surface area contributed by atoms with E-state index in [9.17, 15) is 9.90 Å². The Hall–Kier alpha value is -3.49. The topological polar surface area (TPSA) is 83.1 Å². The Bertz CT molecular complexity index is 1190. The van der Waals surface area contributed by atoms with Crippen LogP contribution in [0.4, 0.5) is 10.5 Å². The number of aliphatic hydroxyl groups excluding tert-OH is 1. The summed E-state index contributed by atoms with van der Waals surface area (Å²) >= 11 is 0. The first-order valence-electron chi connectivity index (χ1n) is 13.0. The zero-order valence-corrected chi connectivity index (χ0v) is 22.0. The summed E-state index contributed by atoms with van der Waals surface area (Å²) in [4.78, 5) is 14.3. The molecule has 4 atom stereocenters.